The second-order valence-corrected chi connectivity index (χ2v) is 4.89. The highest BCUT2D eigenvalue weighted by Gasteiger charge is 2.11. The molecule has 0 aliphatic heterocycles. The lowest BCUT2D eigenvalue weighted by molar-refractivity contribution is -0.147. The number of esters is 1. The summed E-state index contributed by atoms with van der Waals surface area (Å²) >= 11 is 0. The van der Waals surface area contributed by atoms with Crippen molar-refractivity contribution in [1.29, 1.82) is 0 Å². The average molecular weight is 353 g/mol. The zero-order valence-electron chi connectivity index (χ0n) is 12.8. The van der Waals surface area contributed by atoms with Crippen molar-refractivity contribution in [2.45, 2.75) is 13.0 Å². The van der Waals surface area contributed by atoms with Crippen molar-refractivity contribution in [3.8, 4) is 0 Å². The molecule has 10 heteroatoms. The second-order valence-electron chi connectivity index (χ2n) is 4.89. The maximum absolute atomic E-state index is 13.4. The van der Waals surface area contributed by atoms with Gasteiger partial charge < -0.3 is 14.6 Å². The number of nitrogens with one attached hydrogen (secondary N) is 2. The molecule has 0 unspecified atom stereocenters. The highest BCUT2D eigenvalue weighted by Crippen LogP contribution is 2.14. The first kappa shape index (κ1) is 18.0. The summed E-state index contributed by atoms with van der Waals surface area (Å²) in [6.07, 6.45) is 1.00. The number of anilines is 1. The minimum atomic E-state index is -0.961. The van der Waals surface area contributed by atoms with Crippen LogP contribution < -0.4 is 16.6 Å². The van der Waals surface area contributed by atoms with E-state index in [0.29, 0.717) is 6.07 Å². The number of rotatable bonds is 6. The lowest BCUT2D eigenvalue weighted by Gasteiger charge is -2.08. The monoisotopic (exact) mass is 353 g/mol. The molecular weight excluding hydrogens is 340 g/mol. The van der Waals surface area contributed by atoms with Gasteiger partial charge in [-0.2, -0.15) is 0 Å². The van der Waals surface area contributed by atoms with Crippen LogP contribution in [0.4, 0.5) is 14.5 Å². The van der Waals surface area contributed by atoms with Gasteiger partial charge in [0.2, 0.25) is 0 Å². The molecule has 0 atom stereocenters. The Morgan fingerprint density at radius 1 is 1.20 bits per heavy atom. The Kier molecular flexibility index (Phi) is 5.77. The summed E-state index contributed by atoms with van der Waals surface area (Å²) in [4.78, 5) is 47.5. The molecule has 0 saturated carbocycles. The van der Waals surface area contributed by atoms with Gasteiger partial charge in [-0.15, -0.1) is 0 Å². The number of aromatic nitrogens is 2. The Bertz CT molecular complexity index is 907. The third kappa shape index (κ3) is 5.37. The first-order chi connectivity index (χ1) is 11.8. The fourth-order valence-corrected chi connectivity index (χ4v) is 1.83. The number of carbonyl (C=O) groups is 2. The average Bonchev–Trinajstić information content (AvgIpc) is 2.55. The normalized spacial score (nSPS) is 10.3. The number of ether oxygens (including phenoxy) is 1. The van der Waals surface area contributed by atoms with Gasteiger partial charge in [0.05, 0.1) is 12.1 Å². The topological polar surface area (TPSA) is 110 Å². The zero-order chi connectivity index (χ0) is 18.4. The quantitative estimate of drug-likeness (QED) is 0.730. The van der Waals surface area contributed by atoms with E-state index in [2.05, 4.69) is 5.32 Å². The Morgan fingerprint density at radius 2 is 1.96 bits per heavy atom. The van der Waals surface area contributed by atoms with Crippen LogP contribution in [0.1, 0.15) is 6.42 Å². The van der Waals surface area contributed by atoms with Gasteiger partial charge in [-0.3, -0.25) is 19.4 Å². The third-order valence-corrected chi connectivity index (χ3v) is 3.02. The molecule has 0 aliphatic carbocycles. The molecule has 25 heavy (non-hydrogen) atoms. The molecule has 0 spiro atoms. The summed E-state index contributed by atoms with van der Waals surface area (Å²) in [5, 5.41) is 2.13. The van der Waals surface area contributed by atoms with Crippen LogP contribution in [0, 0.1) is 11.6 Å². The fraction of sp³-hybridized carbons (Fsp3) is 0.200. The number of aromatic amines is 1. The minimum Gasteiger partial charge on any atom is -0.456 e. The Hall–Kier alpha value is -3.30. The van der Waals surface area contributed by atoms with E-state index in [9.17, 15) is 28.0 Å². The standard InChI is InChI=1S/C15H13F2N3O5/c16-9-1-2-11(10(17)7-9)18-13(22)8-25-14(23)4-6-20-5-3-12(21)19-15(20)24/h1-3,5,7H,4,6,8H2,(H,18,22)(H,19,21,24). The molecular formula is C15H13F2N3O5. The maximum atomic E-state index is 13.4. The van der Waals surface area contributed by atoms with Gasteiger partial charge in [0.25, 0.3) is 11.5 Å². The van der Waals surface area contributed by atoms with Crippen LogP contribution in [0.25, 0.3) is 0 Å². The van der Waals surface area contributed by atoms with E-state index >= 15 is 0 Å². The first-order valence-electron chi connectivity index (χ1n) is 7.05. The van der Waals surface area contributed by atoms with Crippen molar-refractivity contribution in [3.05, 3.63) is 62.9 Å². The molecule has 8 nitrogen and oxygen atoms in total. The van der Waals surface area contributed by atoms with Crippen LogP contribution in [0.3, 0.4) is 0 Å². The van der Waals surface area contributed by atoms with Crippen molar-refractivity contribution in [1.82, 2.24) is 9.55 Å². The summed E-state index contributed by atoms with van der Waals surface area (Å²) in [7, 11) is 0. The molecule has 2 aromatic rings. The van der Waals surface area contributed by atoms with Gasteiger partial charge in [-0.25, -0.2) is 13.6 Å². The molecule has 1 heterocycles. The number of carbonyl (C=O) groups excluding carboxylic acids is 2. The predicted octanol–water partition coefficient (Wildman–Crippen LogP) is 0.387. The first-order valence-corrected chi connectivity index (χ1v) is 7.05. The molecule has 1 aromatic heterocycles. The van der Waals surface area contributed by atoms with Crippen LogP contribution in [-0.2, 0) is 20.9 Å². The maximum Gasteiger partial charge on any atom is 0.328 e. The lowest BCUT2D eigenvalue weighted by Crippen LogP contribution is -2.29. The van der Waals surface area contributed by atoms with E-state index < -0.39 is 41.4 Å². The van der Waals surface area contributed by atoms with Gasteiger partial charge in [-0.05, 0) is 12.1 Å². The van der Waals surface area contributed by atoms with E-state index in [4.69, 9.17) is 4.74 Å². The van der Waals surface area contributed by atoms with Crippen molar-refractivity contribution in [2.75, 3.05) is 11.9 Å². The molecule has 0 bridgehead atoms. The van der Waals surface area contributed by atoms with Crippen LogP contribution in [0.5, 0.6) is 0 Å². The highest BCUT2D eigenvalue weighted by atomic mass is 19.1. The Morgan fingerprint density at radius 3 is 2.64 bits per heavy atom. The molecule has 0 saturated heterocycles. The van der Waals surface area contributed by atoms with Gasteiger partial charge in [0.15, 0.2) is 6.61 Å². The zero-order valence-corrected chi connectivity index (χ0v) is 12.8. The lowest BCUT2D eigenvalue weighted by atomic mass is 10.3. The van der Waals surface area contributed by atoms with Crippen LogP contribution in [0.15, 0.2) is 40.1 Å². The largest absolute Gasteiger partial charge is 0.456 e. The Labute approximate surface area is 139 Å². The number of nitrogens with zero attached hydrogens (tertiary/aromatic N) is 1. The molecule has 0 radical (unpaired) electrons. The smallest absolute Gasteiger partial charge is 0.328 e. The highest BCUT2D eigenvalue weighted by molar-refractivity contribution is 5.92. The summed E-state index contributed by atoms with van der Waals surface area (Å²) < 4.78 is 31.9. The van der Waals surface area contributed by atoms with E-state index in [1.807, 2.05) is 4.98 Å². The fourth-order valence-electron chi connectivity index (χ4n) is 1.83. The molecule has 1 aromatic carbocycles. The van der Waals surface area contributed by atoms with Crippen molar-refractivity contribution < 1.29 is 23.1 Å². The van der Waals surface area contributed by atoms with E-state index in [1.165, 1.54) is 6.20 Å². The number of H-pyrrole nitrogens is 1. The predicted molar refractivity (Wildman–Crippen MR) is 81.9 cm³/mol. The summed E-state index contributed by atoms with van der Waals surface area (Å²) in [6, 6.07) is 3.72. The molecule has 2 rings (SSSR count). The van der Waals surface area contributed by atoms with E-state index in [1.54, 1.807) is 0 Å². The van der Waals surface area contributed by atoms with Gasteiger partial charge in [0, 0.05) is 24.9 Å². The van der Waals surface area contributed by atoms with E-state index in [0.717, 1.165) is 22.8 Å². The summed E-state index contributed by atoms with van der Waals surface area (Å²) in [5.41, 5.74) is -1.49. The second kappa shape index (κ2) is 7.99. The number of hydrogen-bond acceptors (Lipinski definition) is 5. The number of benzene rings is 1. The van der Waals surface area contributed by atoms with Crippen LogP contribution in [-0.4, -0.2) is 28.0 Å². The third-order valence-electron chi connectivity index (χ3n) is 3.02. The van der Waals surface area contributed by atoms with Crippen LogP contribution >= 0.6 is 0 Å². The van der Waals surface area contributed by atoms with Gasteiger partial charge >= 0.3 is 11.7 Å². The van der Waals surface area contributed by atoms with Crippen molar-refractivity contribution in [3.63, 3.8) is 0 Å². The van der Waals surface area contributed by atoms with Gasteiger partial charge in [0.1, 0.15) is 11.6 Å². The number of aryl methyl sites for hydroxylation is 1. The van der Waals surface area contributed by atoms with E-state index in [-0.39, 0.29) is 18.7 Å². The van der Waals surface area contributed by atoms with Gasteiger partial charge in [-0.1, -0.05) is 0 Å². The molecule has 0 aliphatic rings. The van der Waals surface area contributed by atoms with Crippen molar-refractivity contribution >= 4 is 17.6 Å². The molecule has 1 amide bonds. The Balaban J connectivity index is 1.80. The number of amides is 1. The van der Waals surface area contributed by atoms with Crippen LogP contribution in [0.2, 0.25) is 0 Å². The molecule has 2 N–H and O–H groups in total. The summed E-state index contributed by atoms with van der Waals surface area (Å²) in [5.74, 6) is -3.33. The number of hydrogen-bond donors (Lipinski definition) is 2. The SMILES string of the molecule is O=C(COC(=O)CCn1ccc(=O)[nH]c1=O)Nc1ccc(F)cc1F. The minimum absolute atomic E-state index is 0.0529. The number of halogens is 2. The van der Waals surface area contributed by atoms with Crippen molar-refractivity contribution in [2.24, 2.45) is 0 Å². The molecule has 132 valence electrons. The summed E-state index contributed by atoms with van der Waals surface area (Å²) in [6.45, 7) is -0.723. The molecule has 0 fully saturated rings.